The van der Waals surface area contributed by atoms with Crippen LogP contribution in [0.3, 0.4) is 0 Å². The number of hydrogen-bond acceptors (Lipinski definition) is 3. The van der Waals surface area contributed by atoms with Crippen LogP contribution >= 0.6 is 0 Å². The van der Waals surface area contributed by atoms with Crippen LogP contribution in [0.25, 0.3) is 0 Å². The van der Waals surface area contributed by atoms with Gasteiger partial charge in [0, 0.05) is 13.1 Å². The average Bonchev–Trinajstić information content (AvgIpc) is 2.96. The second kappa shape index (κ2) is 6.90. The van der Waals surface area contributed by atoms with Crippen molar-refractivity contribution < 1.29 is 8.42 Å². The van der Waals surface area contributed by atoms with Gasteiger partial charge < -0.3 is 5.32 Å². The zero-order valence-electron chi connectivity index (χ0n) is 13.0. The van der Waals surface area contributed by atoms with Crippen molar-refractivity contribution in [2.75, 3.05) is 13.6 Å². The second-order valence-electron chi connectivity index (χ2n) is 6.02. The SMILES string of the molecule is CCC1(CNS(=O)(=O)c2ccccc2CNC)CCCC1. The predicted molar refractivity (Wildman–Crippen MR) is 85.6 cm³/mol. The van der Waals surface area contributed by atoms with Crippen LogP contribution in [0.5, 0.6) is 0 Å². The summed E-state index contributed by atoms with van der Waals surface area (Å²) < 4.78 is 28.1. The molecular formula is C16H26N2O2S. The lowest BCUT2D eigenvalue weighted by molar-refractivity contribution is 0.285. The van der Waals surface area contributed by atoms with Crippen LogP contribution in [0.1, 0.15) is 44.6 Å². The molecule has 0 spiro atoms. The number of nitrogens with one attached hydrogen (secondary N) is 2. The highest BCUT2D eigenvalue weighted by atomic mass is 32.2. The van der Waals surface area contributed by atoms with Crippen molar-refractivity contribution in [2.45, 2.75) is 50.5 Å². The molecule has 1 aliphatic carbocycles. The largest absolute Gasteiger partial charge is 0.316 e. The van der Waals surface area contributed by atoms with Crippen molar-refractivity contribution in [3.63, 3.8) is 0 Å². The fraction of sp³-hybridized carbons (Fsp3) is 0.625. The Bertz CT molecular complexity index is 563. The third-order valence-corrected chi connectivity index (χ3v) is 6.18. The van der Waals surface area contributed by atoms with Crippen LogP contribution in [0.15, 0.2) is 29.2 Å². The zero-order chi connectivity index (χ0) is 15.3. The van der Waals surface area contributed by atoms with Crippen LogP contribution in [0.4, 0.5) is 0 Å². The van der Waals surface area contributed by atoms with Crippen molar-refractivity contribution in [1.82, 2.24) is 10.0 Å². The molecule has 0 bridgehead atoms. The summed E-state index contributed by atoms with van der Waals surface area (Å²) in [5.74, 6) is 0. The van der Waals surface area contributed by atoms with Gasteiger partial charge in [0.05, 0.1) is 4.90 Å². The number of hydrogen-bond donors (Lipinski definition) is 2. The average molecular weight is 310 g/mol. The summed E-state index contributed by atoms with van der Waals surface area (Å²) in [5.41, 5.74) is 0.967. The van der Waals surface area contributed by atoms with Crippen molar-refractivity contribution in [3.05, 3.63) is 29.8 Å². The number of benzene rings is 1. The van der Waals surface area contributed by atoms with Gasteiger partial charge in [-0.1, -0.05) is 38.0 Å². The van der Waals surface area contributed by atoms with Gasteiger partial charge in [-0.15, -0.1) is 0 Å². The summed E-state index contributed by atoms with van der Waals surface area (Å²) >= 11 is 0. The minimum absolute atomic E-state index is 0.158. The molecule has 0 unspecified atom stereocenters. The Morgan fingerprint density at radius 1 is 1.19 bits per heavy atom. The van der Waals surface area contributed by atoms with E-state index in [-0.39, 0.29) is 5.41 Å². The molecule has 0 aromatic heterocycles. The Hall–Kier alpha value is -0.910. The van der Waals surface area contributed by atoms with Gasteiger partial charge in [-0.25, -0.2) is 13.1 Å². The van der Waals surface area contributed by atoms with Gasteiger partial charge >= 0.3 is 0 Å². The molecule has 21 heavy (non-hydrogen) atoms. The van der Waals surface area contributed by atoms with E-state index >= 15 is 0 Å². The topological polar surface area (TPSA) is 58.2 Å². The molecule has 0 aliphatic heterocycles. The minimum atomic E-state index is -3.44. The monoisotopic (exact) mass is 310 g/mol. The summed E-state index contributed by atoms with van der Waals surface area (Å²) in [6.07, 6.45) is 5.72. The molecule has 1 aliphatic rings. The molecule has 1 aromatic carbocycles. The van der Waals surface area contributed by atoms with Crippen LogP contribution in [-0.4, -0.2) is 22.0 Å². The van der Waals surface area contributed by atoms with Crippen LogP contribution in [-0.2, 0) is 16.6 Å². The van der Waals surface area contributed by atoms with E-state index in [4.69, 9.17) is 0 Å². The van der Waals surface area contributed by atoms with Gasteiger partial charge in [-0.3, -0.25) is 0 Å². The molecule has 0 radical (unpaired) electrons. The Balaban J connectivity index is 2.15. The van der Waals surface area contributed by atoms with E-state index in [1.54, 1.807) is 12.1 Å². The van der Waals surface area contributed by atoms with Crippen LogP contribution < -0.4 is 10.0 Å². The summed E-state index contributed by atoms with van der Waals surface area (Å²) in [6, 6.07) is 7.19. The Labute approximate surface area is 128 Å². The van der Waals surface area contributed by atoms with E-state index in [1.807, 2.05) is 19.2 Å². The highest BCUT2D eigenvalue weighted by molar-refractivity contribution is 7.89. The van der Waals surface area contributed by atoms with Crippen molar-refractivity contribution >= 4 is 10.0 Å². The summed E-state index contributed by atoms with van der Waals surface area (Å²) in [4.78, 5) is 0.392. The van der Waals surface area contributed by atoms with Crippen LogP contribution in [0.2, 0.25) is 0 Å². The molecule has 0 atom stereocenters. The predicted octanol–water partition coefficient (Wildman–Crippen LogP) is 2.65. The third kappa shape index (κ3) is 3.84. The smallest absolute Gasteiger partial charge is 0.240 e. The molecule has 2 N–H and O–H groups in total. The maximum absolute atomic E-state index is 12.6. The van der Waals surface area contributed by atoms with Gasteiger partial charge in [0.25, 0.3) is 0 Å². The lowest BCUT2D eigenvalue weighted by atomic mass is 9.84. The Morgan fingerprint density at radius 3 is 2.48 bits per heavy atom. The third-order valence-electron chi connectivity index (χ3n) is 4.68. The molecule has 0 amide bonds. The number of sulfonamides is 1. The Morgan fingerprint density at radius 2 is 1.86 bits per heavy atom. The standard InChI is InChI=1S/C16H26N2O2S/c1-3-16(10-6-7-11-16)13-18-21(19,20)15-9-5-4-8-14(15)12-17-2/h4-5,8-9,17-18H,3,6-7,10-13H2,1-2H3. The molecule has 0 saturated heterocycles. The first kappa shape index (κ1) is 16.5. The van der Waals surface area contributed by atoms with Crippen LogP contribution in [0, 0.1) is 5.41 Å². The van der Waals surface area contributed by atoms with E-state index in [0.29, 0.717) is 18.0 Å². The molecule has 1 fully saturated rings. The Kier molecular flexibility index (Phi) is 5.41. The molecule has 118 valence electrons. The fourth-order valence-electron chi connectivity index (χ4n) is 3.21. The minimum Gasteiger partial charge on any atom is -0.316 e. The fourth-order valence-corrected chi connectivity index (χ4v) is 4.60. The first-order chi connectivity index (χ1) is 10.0. The maximum Gasteiger partial charge on any atom is 0.240 e. The second-order valence-corrected chi connectivity index (χ2v) is 7.76. The normalized spacial score (nSPS) is 18.0. The molecule has 2 rings (SSSR count). The number of rotatable bonds is 7. The zero-order valence-corrected chi connectivity index (χ0v) is 13.8. The molecule has 0 heterocycles. The molecule has 4 nitrogen and oxygen atoms in total. The quantitative estimate of drug-likeness (QED) is 0.814. The summed E-state index contributed by atoms with van der Waals surface area (Å²) in [5, 5.41) is 3.02. The van der Waals surface area contributed by atoms with Gasteiger partial charge in [-0.2, -0.15) is 0 Å². The molecule has 5 heteroatoms. The highest BCUT2D eigenvalue weighted by Gasteiger charge is 2.33. The van der Waals surface area contributed by atoms with E-state index in [0.717, 1.165) is 24.8 Å². The lowest BCUT2D eigenvalue weighted by Crippen LogP contribution is -2.36. The summed E-state index contributed by atoms with van der Waals surface area (Å²) in [7, 11) is -1.62. The highest BCUT2D eigenvalue weighted by Crippen LogP contribution is 2.40. The van der Waals surface area contributed by atoms with E-state index in [1.165, 1.54) is 12.8 Å². The van der Waals surface area contributed by atoms with Gasteiger partial charge in [0.2, 0.25) is 10.0 Å². The first-order valence-corrected chi connectivity index (χ1v) is 9.23. The van der Waals surface area contributed by atoms with Gasteiger partial charge in [0.1, 0.15) is 0 Å². The van der Waals surface area contributed by atoms with Crippen molar-refractivity contribution in [3.8, 4) is 0 Å². The van der Waals surface area contributed by atoms with E-state index < -0.39 is 10.0 Å². The lowest BCUT2D eigenvalue weighted by Gasteiger charge is -2.27. The summed E-state index contributed by atoms with van der Waals surface area (Å²) in [6.45, 7) is 3.27. The van der Waals surface area contributed by atoms with Gasteiger partial charge in [-0.05, 0) is 43.4 Å². The van der Waals surface area contributed by atoms with Gasteiger partial charge in [0.15, 0.2) is 0 Å². The van der Waals surface area contributed by atoms with Crippen molar-refractivity contribution in [2.24, 2.45) is 5.41 Å². The molecule has 1 aromatic rings. The first-order valence-electron chi connectivity index (χ1n) is 7.75. The molecule has 1 saturated carbocycles. The van der Waals surface area contributed by atoms with Crippen molar-refractivity contribution in [1.29, 1.82) is 0 Å². The maximum atomic E-state index is 12.6. The van der Waals surface area contributed by atoms with E-state index in [9.17, 15) is 8.42 Å². The van der Waals surface area contributed by atoms with E-state index in [2.05, 4.69) is 17.0 Å². The molecular weight excluding hydrogens is 284 g/mol.